The lowest BCUT2D eigenvalue weighted by atomic mass is 9.91. The molecule has 0 amide bonds. The molecule has 0 fully saturated rings. The number of hydrogen-bond donors (Lipinski definition) is 1. The molecule has 108 valence electrons. The van der Waals surface area contributed by atoms with Crippen LogP contribution in [0.15, 0.2) is 18.2 Å². The van der Waals surface area contributed by atoms with Gasteiger partial charge in [0.25, 0.3) is 0 Å². The van der Waals surface area contributed by atoms with E-state index in [2.05, 4.69) is 58.1 Å². The lowest BCUT2D eigenvalue weighted by Crippen LogP contribution is -2.44. The van der Waals surface area contributed by atoms with Crippen molar-refractivity contribution in [2.45, 2.75) is 53.2 Å². The van der Waals surface area contributed by atoms with Gasteiger partial charge in [0, 0.05) is 12.6 Å². The van der Waals surface area contributed by atoms with Gasteiger partial charge in [-0.1, -0.05) is 37.6 Å². The third kappa shape index (κ3) is 4.63. The number of hydrogen-bond acceptors (Lipinski definition) is 2. The van der Waals surface area contributed by atoms with Gasteiger partial charge >= 0.3 is 0 Å². The van der Waals surface area contributed by atoms with Crippen molar-refractivity contribution < 1.29 is 4.74 Å². The van der Waals surface area contributed by atoms with Gasteiger partial charge in [0.2, 0.25) is 0 Å². The molecule has 0 aromatic heterocycles. The van der Waals surface area contributed by atoms with Crippen LogP contribution in [-0.4, -0.2) is 25.8 Å². The number of likely N-dealkylation sites (N-methyl/N-ethyl adjacent to an activating group) is 1. The van der Waals surface area contributed by atoms with Crippen molar-refractivity contribution in [2.75, 3.05) is 13.7 Å². The summed E-state index contributed by atoms with van der Waals surface area (Å²) in [6, 6.07) is 7.04. The molecule has 1 aromatic carbocycles. The van der Waals surface area contributed by atoms with E-state index in [-0.39, 0.29) is 6.10 Å². The van der Waals surface area contributed by atoms with Crippen molar-refractivity contribution >= 4 is 0 Å². The highest BCUT2D eigenvalue weighted by atomic mass is 16.5. The summed E-state index contributed by atoms with van der Waals surface area (Å²) in [6.45, 7) is 11.6. The Kier molecular flexibility index (Phi) is 6.53. The molecule has 2 heteroatoms. The van der Waals surface area contributed by atoms with Crippen molar-refractivity contribution in [1.82, 2.24) is 5.32 Å². The Balaban J connectivity index is 2.88. The van der Waals surface area contributed by atoms with Gasteiger partial charge in [-0.05, 0) is 51.3 Å². The molecule has 1 aromatic rings. The molecule has 1 N–H and O–H groups in total. The monoisotopic (exact) mass is 263 g/mol. The highest BCUT2D eigenvalue weighted by Gasteiger charge is 2.24. The van der Waals surface area contributed by atoms with Gasteiger partial charge < -0.3 is 10.1 Å². The van der Waals surface area contributed by atoms with Gasteiger partial charge in [-0.3, -0.25) is 0 Å². The molecule has 0 saturated carbocycles. The molecule has 0 saturated heterocycles. The van der Waals surface area contributed by atoms with E-state index in [0.717, 1.165) is 13.0 Å². The summed E-state index contributed by atoms with van der Waals surface area (Å²) in [4.78, 5) is 0. The molecule has 0 spiro atoms. The Morgan fingerprint density at radius 3 is 2.42 bits per heavy atom. The van der Waals surface area contributed by atoms with Crippen molar-refractivity contribution in [2.24, 2.45) is 5.92 Å². The summed E-state index contributed by atoms with van der Waals surface area (Å²) in [6.07, 6.45) is 1.28. The van der Waals surface area contributed by atoms with Crippen LogP contribution in [0.3, 0.4) is 0 Å². The molecule has 0 radical (unpaired) electrons. The van der Waals surface area contributed by atoms with Gasteiger partial charge in [-0.15, -0.1) is 0 Å². The quantitative estimate of drug-likeness (QED) is 0.813. The number of ether oxygens (including phenoxy) is 1. The Hall–Kier alpha value is -0.860. The number of aryl methyl sites for hydroxylation is 2. The average Bonchev–Trinajstić information content (AvgIpc) is 2.37. The third-order valence-electron chi connectivity index (χ3n) is 3.73. The highest BCUT2D eigenvalue weighted by Crippen LogP contribution is 2.18. The predicted octanol–water partition coefficient (Wildman–Crippen LogP) is 3.50. The Bertz CT molecular complexity index is 387. The highest BCUT2D eigenvalue weighted by molar-refractivity contribution is 5.31. The first kappa shape index (κ1) is 16.2. The normalized spacial score (nSPS) is 14.7. The lowest BCUT2D eigenvalue weighted by Gasteiger charge is -2.30. The minimum absolute atomic E-state index is 0.259. The van der Waals surface area contributed by atoms with Crippen molar-refractivity contribution in [3.05, 3.63) is 34.9 Å². The number of nitrogens with one attached hydrogen (secondary N) is 1. The Labute approximate surface area is 118 Å². The van der Waals surface area contributed by atoms with Crippen LogP contribution in [0.2, 0.25) is 0 Å². The van der Waals surface area contributed by atoms with E-state index in [0.29, 0.717) is 12.0 Å². The van der Waals surface area contributed by atoms with Crippen LogP contribution in [0.25, 0.3) is 0 Å². The van der Waals surface area contributed by atoms with Crippen LogP contribution in [-0.2, 0) is 11.2 Å². The second-order valence-corrected chi connectivity index (χ2v) is 5.69. The smallest absolute Gasteiger partial charge is 0.0753 e. The minimum atomic E-state index is 0.259. The zero-order chi connectivity index (χ0) is 14.4. The van der Waals surface area contributed by atoms with Gasteiger partial charge in [-0.25, -0.2) is 0 Å². The lowest BCUT2D eigenvalue weighted by molar-refractivity contribution is 0.00532. The Morgan fingerprint density at radius 1 is 1.21 bits per heavy atom. The van der Waals surface area contributed by atoms with Crippen molar-refractivity contribution in [3.63, 3.8) is 0 Å². The fourth-order valence-electron chi connectivity index (χ4n) is 2.61. The van der Waals surface area contributed by atoms with Crippen molar-refractivity contribution in [3.8, 4) is 0 Å². The Morgan fingerprint density at radius 2 is 1.89 bits per heavy atom. The van der Waals surface area contributed by atoms with Gasteiger partial charge in [0.05, 0.1) is 6.10 Å². The van der Waals surface area contributed by atoms with Crippen LogP contribution in [0.1, 0.15) is 37.5 Å². The second-order valence-electron chi connectivity index (χ2n) is 5.69. The molecule has 2 atom stereocenters. The summed E-state index contributed by atoms with van der Waals surface area (Å²) in [5.74, 6) is 0.516. The maximum Gasteiger partial charge on any atom is 0.0753 e. The summed E-state index contributed by atoms with van der Waals surface area (Å²) < 4.78 is 5.94. The van der Waals surface area contributed by atoms with Crippen LogP contribution in [0, 0.1) is 19.8 Å². The van der Waals surface area contributed by atoms with E-state index in [1.54, 1.807) is 0 Å². The van der Waals surface area contributed by atoms with Gasteiger partial charge in [0.15, 0.2) is 0 Å². The average molecular weight is 263 g/mol. The number of rotatable bonds is 7. The zero-order valence-corrected chi connectivity index (χ0v) is 13.3. The summed E-state index contributed by atoms with van der Waals surface area (Å²) in [5, 5.41) is 3.44. The SMILES string of the molecule is CCOC(C(C)C)C(Cc1cc(C)ccc1C)NC. The van der Waals surface area contributed by atoms with Crippen LogP contribution in [0.5, 0.6) is 0 Å². The summed E-state index contributed by atoms with van der Waals surface area (Å²) in [5.41, 5.74) is 4.11. The minimum Gasteiger partial charge on any atom is -0.377 e. The standard InChI is InChI=1S/C17H29NO/c1-7-19-17(12(2)3)16(18-6)11-15-10-13(4)8-9-14(15)5/h8-10,12,16-18H,7,11H2,1-6H3. The third-order valence-corrected chi connectivity index (χ3v) is 3.73. The van der Waals surface area contributed by atoms with Crippen molar-refractivity contribution in [1.29, 1.82) is 0 Å². The first-order valence-electron chi connectivity index (χ1n) is 7.34. The van der Waals surface area contributed by atoms with Gasteiger partial charge in [-0.2, -0.15) is 0 Å². The van der Waals surface area contributed by atoms with Crippen LogP contribution < -0.4 is 5.32 Å². The van der Waals surface area contributed by atoms with Crippen LogP contribution in [0.4, 0.5) is 0 Å². The molecule has 0 bridgehead atoms. The maximum absolute atomic E-state index is 5.94. The number of benzene rings is 1. The largest absolute Gasteiger partial charge is 0.377 e. The molecule has 1 rings (SSSR count). The molecular formula is C17H29NO. The fraction of sp³-hybridized carbons (Fsp3) is 0.647. The molecule has 0 aliphatic carbocycles. The first-order chi connectivity index (χ1) is 8.99. The van der Waals surface area contributed by atoms with E-state index >= 15 is 0 Å². The fourth-order valence-corrected chi connectivity index (χ4v) is 2.61. The van der Waals surface area contributed by atoms with E-state index in [1.807, 2.05) is 7.05 Å². The van der Waals surface area contributed by atoms with Gasteiger partial charge in [0.1, 0.15) is 0 Å². The molecule has 2 unspecified atom stereocenters. The van der Waals surface area contributed by atoms with E-state index in [4.69, 9.17) is 4.74 Å². The van der Waals surface area contributed by atoms with Crippen LogP contribution >= 0.6 is 0 Å². The molecule has 0 heterocycles. The summed E-state index contributed by atoms with van der Waals surface area (Å²) in [7, 11) is 2.03. The predicted molar refractivity (Wildman–Crippen MR) is 82.7 cm³/mol. The zero-order valence-electron chi connectivity index (χ0n) is 13.3. The van der Waals surface area contributed by atoms with E-state index in [1.165, 1.54) is 16.7 Å². The maximum atomic E-state index is 5.94. The van der Waals surface area contributed by atoms with E-state index < -0.39 is 0 Å². The molecule has 2 nitrogen and oxygen atoms in total. The topological polar surface area (TPSA) is 21.3 Å². The summed E-state index contributed by atoms with van der Waals surface area (Å²) >= 11 is 0. The second kappa shape index (κ2) is 7.66. The molecule has 0 aliphatic rings. The van der Waals surface area contributed by atoms with E-state index in [9.17, 15) is 0 Å². The molecular weight excluding hydrogens is 234 g/mol. The first-order valence-corrected chi connectivity index (χ1v) is 7.34. The molecule has 19 heavy (non-hydrogen) atoms. The molecule has 0 aliphatic heterocycles.